The van der Waals surface area contributed by atoms with E-state index in [0.717, 1.165) is 19.3 Å². The minimum Gasteiger partial charge on any atom is -0.403 e. The van der Waals surface area contributed by atoms with Crippen LogP contribution < -0.4 is 11.6 Å². The lowest BCUT2D eigenvalue weighted by molar-refractivity contribution is -0.0376. The third-order valence-corrected chi connectivity index (χ3v) is 3.00. The molecule has 0 amide bonds. The standard InChI is InChI=1S/C13H29N3O/c1-6-7-13(4,5)17-11-8-12(2,3)16(15)10-9-14/h9-10H,6-8,11,14-15H2,1-5H3/b10-9-. The molecule has 4 heteroatoms. The van der Waals surface area contributed by atoms with Gasteiger partial charge in [-0.1, -0.05) is 13.3 Å². The molecule has 0 aliphatic rings. The summed E-state index contributed by atoms with van der Waals surface area (Å²) >= 11 is 0. The van der Waals surface area contributed by atoms with Crippen LogP contribution in [-0.4, -0.2) is 22.8 Å². The molecule has 4 nitrogen and oxygen atoms in total. The molecule has 0 rings (SSSR count). The summed E-state index contributed by atoms with van der Waals surface area (Å²) in [7, 11) is 0. The van der Waals surface area contributed by atoms with Crippen LogP contribution in [0.15, 0.2) is 12.4 Å². The Kier molecular flexibility index (Phi) is 6.57. The van der Waals surface area contributed by atoms with Crippen molar-refractivity contribution in [3.8, 4) is 0 Å². The molecule has 0 unspecified atom stereocenters. The second-order valence-corrected chi connectivity index (χ2v) is 5.67. The molecule has 0 aliphatic carbocycles. The Morgan fingerprint density at radius 3 is 2.24 bits per heavy atom. The highest BCUT2D eigenvalue weighted by atomic mass is 16.5. The van der Waals surface area contributed by atoms with Crippen molar-refractivity contribution in [2.45, 2.75) is 65.0 Å². The lowest BCUT2D eigenvalue weighted by Crippen LogP contribution is -2.46. The number of ether oxygens (including phenoxy) is 1. The van der Waals surface area contributed by atoms with Crippen LogP contribution in [0.3, 0.4) is 0 Å². The summed E-state index contributed by atoms with van der Waals surface area (Å²) in [5.41, 5.74) is 5.13. The largest absolute Gasteiger partial charge is 0.403 e. The van der Waals surface area contributed by atoms with Crippen LogP contribution in [0, 0.1) is 0 Å². The van der Waals surface area contributed by atoms with Gasteiger partial charge in [0.25, 0.3) is 0 Å². The maximum absolute atomic E-state index is 5.90. The first kappa shape index (κ1) is 16.3. The Bertz CT molecular complexity index is 237. The first-order valence-electron chi connectivity index (χ1n) is 6.31. The zero-order valence-electron chi connectivity index (χ0n) is 12.0. The normalized spacial score (nSPS) is 13.3. The van der Waals surface area contributed by atoms with Gasteiger partial charge in [-0.25, -0.2) is 5.84 Å². The van der Waals surface area contributed by atoms with Crippen molar-refractivity contribution in [3.63, 3.8) is 0 Å². The fourth-order valence-corrected chi connectivity index (χ4v) is 1.67. The lowest BCUT2D eigenvalue weighted by Gasteiger charge is -2.35. The van der Waals surface area contributed by atoms with Crippen molar-refractivity contribution in [1.29, 1.82) is 0 Å². The Labute approximate surface area is 106 Å². The topological polar surface area (TPSA) is 64.5 Å². The van der Waals surface area contributed by atoms with Crippen molar-refractivity contribution in [2.75, 3.05) is 6.61 Å². The quantitative estimate of drug-likeness (QED) is 0.507. The molecule has 0 saturated heterocycles. The highest BCUT2D eigenvalue weighted by molar-refractivity contribution is 4.86. The van der Waals surface area contributed by atoms with E-state index in [0.29, 0.717) is 6.61 Å². The van der Waals surface area contributed by atoms with Crippen LogP contribution in [0.5, 0.6) is 0 Å². The van der Waals surface area contributed by atoms with Crippen molar-refractivity contribution >= 4 is 0 Å². The van der Waals surface area contributed by atoms with E-state index in [-0.39, 0.29) is 11.1 Å². The van der Waals surface area contributed by atoms with E-state index in [1.54, 1.807) is 11.2 Å². The smallest absolute Gasteiger partial charge is 0.0626 e. The van der Waals surface area contributed by atoms with Crippen LogP contribution in [0.4, 0.5) is 0 Å². The second kappa shape index (κ2) is 6.87. The van der Waals surface area contributed by atoms with Gasteiger partial charge in [-0.05, 0) is 40.5 Å². The van der Waals surface area contributed by atoms with Gasteiger partial charge in [0.1, 0.15) is 0 Å². The summed E-state index contributed by atoms with van der Waals surface area (Å²) < 4.78 is 5.90. The third-order valence-electron chi connectivity index (χ3n) is 3.00. The van der Waals surface area contributed by atoms with Gasteiger partial charge < -0.3 is 15.5 Å². The van der Waals surface area contributed by atoms with Crippen molar-refractivity contribution in [1.82, 2.24) is 5.01 Å². The third kappa shape index (κ3) is 6.54. The maximum Gasteiger partial charge on any atom is 0.0626 e. The molecule has 0 atom stereocenters. The number of rotatable bonds is 8. The Morgan fingerprint density at radius 2 is 1.76 bits per heavy atom. The van der Waals surface area contributed by atoms with Gasteiger partial charge in [-0.2, -0.15) is 0 Å². The summed E-state index contributed by atoms with van der Waals surface area (Å²) in [5.74, 6) is 5.88. The van der Waals surface area contributed by atoms with Crippen LogP contribution in [0.25, 0.3) is 0 Å². The molecule has 0 aromatic rings. The fraction of sp³-hybridized carbons (Fsp3) is 0.846. The number of nitrogens with two attached hydrogens (primary N) is 2. The second-order valence-electron chi connectivity index (χ2n) is 5.67. The minimum absolute atomic E-state index is 0.0477. The molecule has 4 N–H and O–H groups in total. The maximum atomic E-state index is 5.90. The number of nitrogens with zero attached hydrogens (tertiary/aromatic N) is 1. The molecule has 0 bridgehead atoms. The van der Waals surface area contributed by atoms with E-state index < -0.39 is 0 Å². The molecule has 0 radical (unpaired) electrons. The molecule has 0 saturated carbocycles. The van der Waals surface area contributed by atoms with E-state index in [1.807, 2.05) is 0 Å². The van der Waals surface area contributed by atoms with Crippen LogP contribution in [-0.2, 0) is 4.74 Å². The first-order chi connectivity index (χ1) is 7.75. The molecule has 0 spiro atoms. The van der Waals surface area contributed by atoms with E-state index in [2.05, 4.69) is 34.6 Å². The van der Waals surface area contributed by atoms with E-state index in [9.17, 15) is 0 Å². The number of hydrogen-bond donors (Lipinski definition) is 2. The fourth-order valence-electron chi connectivity index (χ4n) is 1.67. The molecule has 0 aromatic heterocycles. The summed E-state index contributed by atoms with van der Waals surface area (Å²) in [4.78, 5) is 0. The minimum atomic E-state index is -0.155. The first-order valence-corrected chi connectivity index (χ1v) is 6.31. The summed E-state index contributed by atoms with van der Waals surface area (Å²) in [6.45, 7) is 11.3. The van der Waals surface area contributed by atoms with Gasteiger partial charge in [-0.3, -0.25) is 0 Å². The van der Waals surface area contributed by atoms with Crippen molar-refractivity contribution in [2.24, 2.45) is 11.6 Å². The van der Waals surface area contributed by atoms with Crippen LogP contribution in [0.1, 0.15) is 53.9 Å². The van der Waals surface area contributed by atoms with Crippen molar-refractivity contribution in [3.05, 3.63) is 12.4 Å². The monoisotopic (exact) mass is 243 g/mol. The molecule has 0 heterocycles. The zero-order valence-corrected chi connectivity index (χ0v) is 12.0. The van der Waals surface area contributed by atoms with Gasteiger partial charge in [-0.15, -0.1) is 0 Å². The zero-order chi connectivity index (χ0) is 13.5. The Balaban J connectivity index is 4.10. The molecule has 0 aromatic carbocycles. The van der Waals surface area contributed by atoms with E-state index in [4.69, 9.17) is 16.3 Å². The average Bonchev–Trinajstić information content (AvgIpc) is 2.17. The van der Waals surface area contributed by atoms with Crippen LogP contribution in [0.2, 0.25) is 0 Å². The van der Waals surface area contributed by atoms with E-state index >= 15 is 0 Å². The summed E-state index contributed by atoms with van der Waals surface area (Å²) in [6.07, 6.45) is 6.19. The van der Waals surface area contributed by atoms with Gasteiger partial charge >= 0.3 is 0 Å². The highest BCUT2D eigenvalue weighted by Gasteiger charge is 2.24. The SMILES string of the molecule is CCCC(C)(C)OCCC(C)(C)N(N)/C=C\N. The average molecular weight is 243 g/mol. The highest BCUT2D eigenvalue weighted by Crippen LogP contribution is 2.20. The summed E-state index contributed by atoms with van der Waals surface area (Å²) in [5, 5.41) is 1.63. The molecule has 0 fully saturated rings. The molecule has 17 heavy (non-hydrogen) atoms. The van der Waals surface area contributed by atoms with Gasteiger partial charge in [0, 0.05) is 19.0 Å². The Hall–Kier alpha value is -0.740. The van der Waals surface area contributed by atoms with Gasteiger partial charge in [0.05, 0.1) is 11.1 Å². The molecule has 0 aliphatic heterocycles. The summed E-state index contributed by atoms with van der Waals surface area (Å²) in [6, 6.07) is 0. The van der Waals surface area contributed by atoms with Gasteiger partial charge in [0.15, 0.2) is 0 Å². The predicted octanol–water partition coefficient (Wildman–Crippen LogP) is 2.36. The van der Waals surface area contributed by atoms with Crippen LogP contribution >= 0.6 is 0 Å². The molecular weight excluding hydrogens is 214 g/mol. The van der Waals surface area contributed by atoms with Gasteiger partial charge in [0.2, 0.25) is 0 Å². The predicted molar refractivity (Wildman–Crippen MR) is 73.0 cm³/mol. The number of hydrogen-bond acceptors (Lipinski definition) is 4. The Morgan fingerprint density at radius 1 is 1.18 bits per heavy atom. The van der Waals surface area contributed by atoms with Crippen molar-refractivity contribution < 1.29 is 4.74 Å². The van der Waals surface area contributed by atoms with E-state index in [1.165, 1.54) is 6.20 Å². The molecular formula is C13H29N3O. The number of hydrazine groups is 1. The molecule has 102 valence electrons. The lowest BCUT2D eigenvalue weighted by atomic mass is 9.99.